The summed E-state index contributed by atoms with van der Waals surface area (Å²) >= 11 is 0. The molecule has 0 amide bonds. The molecule has 0 rings (SSSR count). The maximum absolute atomic E-state index is 3.72. The molecule has 0 atom stereocenters. The molecule has 0 aromatic heterocycles. The van der Waals surface area contributed by atoms with E-state index < -0.39 is 0 Å². The minimum atomic E-state index is 0.0529. The van der Waals surface area contributed by atoms with Crippen LogP contribution in [0.3, 0.4) is 0 Å². The van der Waals surface area contributed by atoms with Crippen LogP contribution >= 0.6 is 0 Å². The number of hydrogen-bond donors (Lipinski definition) is 1. The normalized spacial score (nSPS) is 12.6. The lowest BCUT2D eigenvalue weighted by Gasteiger charge is -2.41. The Morgan fingerprint density at radius 1 is 1.14 bits per heavy atom. The van der Waals surface area contributed by atoms with Crippen molar-refractivity contribution in [3.05, 3.63) is 18.0 Å². The molecular formula is C13H25N. The summed E-state index contributed by atoms with van der Waals surface area (Å²) in [5.74, 6) is 0.453. The zero-order valence-electron chi connectivity index (χ0n) is 10.8. The van der Waals surface area contributed by atoms with Crippen molar-refractivity contribution < 1.29 is 0 Å². The molecule has 0 unspecified atom stereocenters. The average molecular weight is 195 g/mol. The molecule has 0 bridgehead atoms. The van der Waals surface area contributed by atoms with Crippen molar-refractivity contribution in [1.82, 2.24) is 5.32 Å². The second kappa shape index (κ2) is 4.23. The maximum atomic E-state index is 3.72. The first-order valence-electron chi connectivity index (χ1n) is 5.30. The third-order valence-electron chi connectivity index (χ3n) is 3.09. The van der Waals surface area contributed by atoms with Gasteiger partial charge in [0.1, 0.15) is 0 Å². The Hall–Kier alpha value is -0.680. The van der Waals surface area contributed by atoms with Crippen LogP contribution in [0.2, 0.25) is 0 Å². The summed E-state index contributed by atoms with van der Waals surface area (Å²) in [5, 5.41) is 3.53. The first-order valence-corrected chi connectivity index (χ1v) is 5.30. The average Bonchev–Trinajstić information content (AvgIpc) is 1.97. The van der Waals surface area contributed by atoms with Crippen molar-refractivity contribution in [2.45, 2.75) is 54.0 Å². The third kappa shape index (κ3) is 3.23. The lowest BCUT2D eigenvalue weighted by atomic mass is 9.76. The van der Waals surface area contributed by atoms with Gasteiger partial charge >= 0.3 is 0 Å². The molecular weight excluding hydrogens is 170 g/mol. The first kappa shape index (κ1) is 13.3. The fourth-order valence-corrected chi connectivity index (χ4v) is 0.917. The predicted octanol–water partition coefficient (Wildman–Crippen LogP) is 3.73. The third-order valence-corrected chi connectivity index (χ3v) is 3.09. The Kier molecular flexibility index (Phi) is 4.02. The monoisotopic (exact) mass is 195 g/mol. The topological polar surface area (TPSA) is 12.0 Å². The second-order valence-electron chi connectivity index (χ2n) is 5.75. The van der Waals surface area contributed by atoms with Crippen LogP contribution in [0.4, 0.5) is 0 Å². The van der Waals surface area contributed by atoms with E-state index in [4.69, 9.17) is 0 Å². The van der Waals surface area contributed by atoms with Crippen molar-refractivity contribution in [3.8, 4) is 0 Å². The largest absolute Gasteiger partial charge is 0.376 e. The van der Waals surface area contributed by atoms with Crippen LogP contribution in [0.5, 0.6) is 0 Å². The van der Waals surface area contributed by atoms with Crippen molar-refractivity contribution >= 4 is 0 Å². The van der Waals surface area contributed by atoms with Gasteiger partial charge in [-0.05, 0) is 19.3 Å². The molecule has 0 spiro atoms. The highest BCUT2D eigenvalue weighted by molar-refractivity contribution is 5.06. The molecule has 0 radical (unpaired) electrons. The molecule has 0 aliphatic rings. The van der Waals surface area contributed by atoms with E-state index in [2.05, 4.69) is 66.1 Å². The number of allylic oxidation sites excluding steroid dienone is 1. The SMILES string of the molecule is C=C=C(NC(C)(C)C(C)(C)C)C(C)C. The van der Waals surface area contributed by atoms with Crippen molar-refractivity contribution in [1.29, 1.82) is 0 Å². The van der Waals surface area contributed by atoms with Gasteiger partial charge in [-0.2, -0.15) is 0 Å². The molecule has 0 saturated heterocycles. The van der Waals surface area contributed by atoms with Gasteiger partial charge in [-0.1, -0.05) is 41.2 Å². The van der Waals surface area contributed by atoms with E-state index in [1.54, 1.807) is 0 Å². The van der Waals surface area contributed by atoms with Crippen molar-refractivity contribution in [2.24, 2.45) is 11.3 Å². The summed E-state index contributed by atoms with van der Waals surface area (Å²) in [6.45, 7) is 19.2. The summed E-state index contributed by atoms with van der Waals surface area (Å²) in [4.78, 5) is 0. The minimum absolute atomic E-state index is 0.0529. The Morgan fingerprint density at radius 2 is 1.57 bits per heavy atom. The van der Waals surface area contributed by atoms with Gasteiger partial charge in [0.25, 0.3) is 0 Å². The van der Waals surface area contributed by atoms with E-state index in [-0.39, 0.29) is 11.0 Å². The molecule has 0 saturated carbocycles. The van der Waals surface area contributed by atoms with Crippen LogP contribution in [0, 0.1) is 11.3 Å². The van der Waals surface area contributed by atoms with Gasteiger partial charge in [0, 0.05) is 11.5 Å². The molecule has 0 aliphatic carbocycles. The molecule has 0 heterocycles. The lowest BCUT2D eigenvalue weighted by molar-refractivity contribution is 0.187. The summed E-state index contributed by atoms with van der Waals surface area (Å²) in [6.07, 6.45) is 0. The molecule has 0 aliphatic heterocycles. The van der Waals surface area contributed by atoms with Gasteiger partial charge in [0.2, 0.25) is 0 Å². The zero-order valence-corrected chi connectivity index (χ0v) is 10.8. The van der Waals surface area contributed by atoms with Gasteiger partial charge in [-0.3, -0.25) is 0 Å². The summed E-state index contributed by atoms with van der Waals surface area (Å²) in [7, 11) is 0. The van der Waals surface area contributed by atoms with Gasteiger partial charge < -0.3 is 5.32 Å². The fourth-order valence-electron chi connectivity index (χ4n) is 0.917. The minimum Gasteiger partial charge on any atom is -0.376 e. The smallest absolute Gasteiger partial charge is 0.0562 e. The van der Waals surface area contributed by atoms with Crippen LogP contribution in [0.25, 0.3) is 0 Å². The van der Waals surface area contributed by atoms with E-state index in [9.17, 15) is 0 Å². The second-order valence-corrected chi connectivity index (χ2v) is 5.75. The lowest BCUT2D eigenvalue weighted by Crippen LogP contribution is -2.49. The molecule has 1 nitrogen and oxygen atoms in total. The predicted molar refractivity (Wildman–Crippen MR) is 64.2 cm³/mol. The van der Waals surface area contributed by atoms with E-state index in [0.717, 1.165) is 5.70 Å². The summed E-state index contributed by atoms with van der Waals surface area (Å²) < 4.78 is 0. The highest BCUT2D eigenvalue weighted by atomic mass is 15.0. The van der Waals surface area contributed by atoms with Crippen LogP contribution in [0.15, 0.2) is 18.0 Å². The van der Waals surface area contributed by atoms with E-state index in [1.807, 2.05) is 0 Å². The van der Waals surface area contributed by atoms with Crippen LogP contribution in [-0.4, -0.2) is 5.54 Å². The molecule has 1 N–H and O–H groups in total. The van der Waals surface area contributed by atoms with Crippen LogP contribution < -0.4 is 5.32 Å². The maximum Gasteiger partial charge on any atom is 0.0562 e. The molecule has 0 fully saturated rings. The number of hydrogen-bond acceptors (Lipinski definition) is 1. The number of rotatable bonds is 3. The van der Waals surface area contributed by atoms with Crippen LogP contribution in [-0.2, 0) is 0 Å². The molecule has 0 aromatic carbocycles. The van der Waals surface area contributed by atoms with E-state index >= 15 is 0 Å². The van der Waals surface area contributed by atoms with Crippen molar-refractivity contribution in [3.63, 3.8) is 0 Å². The summed E-state index contributed by atoms with van der Waals surface area (Å²) in [6, 6.07) is 0. The van der Waals surface area contributed by atoms with Crippen molar-refractivity contribution in [2.75, 3.05) is 0 Å². The Morgan fingerprint density at radius 3 is 1.79 bits per heavy atom. The zero-order chi connectivity index (χ0) is 11.6. The summed E-state index contributed by atoms with van der Waals surface area (Å²) in [5.41, 5.74) is 4.35. The van der Waals surface area contributed by atoms with Gasteiger partial charge in [0.15, 0.2) is 0 Å². The fraction of sp³-hybridized carbons (Fsp3) is 0.769. The van der Waals surface area contributed by atoms with Gasteiger partial charge in [-0.25, -0.2) is 0 Å². The molecule has 14 heavy (non-hydrogen) atoms. The van der Waals surface area contributed by atoms with Gasteiger partial charge in [-0.15, -0.1) is 5.73 Å². The quantitative estimate of drug-likeness (QED) is 0.677. The van der Waals surface area contributed by atoms with E-state index in [1.165, 1.54) is 0 Å². The Bertz CT molecular complexity index is 234. The standard InChI is InChI=1S/C13H25N/c1-9-11(10(2)3)14-13(7,8)12(4,5)6/h10,14H,1H2,2-8H3. The Balaban J connectivity index is 4.75. The number of nitrogens with one attached hydrogen (secondary N) is 1. The Labute approximate surface area is 89.3 Å². The van der Waals surface area contributed by atoms with Gasteiger partial charge in [0.05, 0.1) is 5.70 Å². The first-order chi connectivity index (χ1) is 6.12. The molecule has 82 valence electrons. The van der Waals surface area contributed by atoms with E-state index in [0.29, 0.717) is 5.92 Å². The highest BCUT2D eigenvalue weighted by Gasteiger charge is 2.33. The highest BCUT2D eigenvalue weighted by Crippen LogP contribution is 2.30. The molecule has 0 aromatic rings. The van der Waals surface area contributed by atoms with Crippen LogP contribution in [0.1, 0.15) is 48.5 Å². The molecule has 1 heteroatoms.